The van der Waals surface area contributed by atoms with Crippen molar-refractivity contribution in [3.8, 4) is 5.75 Å². The van der Waals surface area contributed by atoms with Gasteiger partial charge in [0.2, 0.25) is 0 Å². The molecule has 1 saturated carbocycles. The highest BCUT2D eigenvalue weighted by molar-refractivity contribution is 5.27. The first-order valence-electron chi connectivity index (χ1n) is 9.29. The van der Waals surface area contributed by atoms with Crippen LogP contribution in [-0.2, 0) is 12.0 Å². The largest absolute Gasteiger partial charge is 0.497 e. The second kappa shape index (κ2) is 6.81. The molecule has 25 heavy (non-hydrogen) atoms. The highest BCUT2D eigenvalue weighted by Crippen LogP contribution is 2.48. The molecule has 1 unspecified atom stereocenters. The van der Waals surface area contributed by atoms with Crippen LogP contribution in [-0.4, -0.2) is 36.8 Å². The Labute approximate surface area is 150 Å². The van der Waals surface area contributed by atoms with Gasteiger partial charge in [0.15, 0.2) is 0 Å². The van der Waals surface area contributed by atoms with Crippen LogP contribution >= 0.6 is 0 Å². The molecule has 132 valence electrons. The van der Waals surface area contributed by atoms with Crippen molar-refractivity contribution in [2.75, 3.05) is 26.7 Å². The maximum absolute atomic E-state index is 11.1. The summed E-state index contributed by atoms with van der Waals surface area (Å²) in [6.45, 7) is 3.34. The fourth-order valence-corrected chi connectivity index (χ4v) is 4.70. The third kappa shape index (κ3) is 3.44. The van der Waals surface area contributed by atoms with E-state index in [-0.39, 0.29) is 0 Å². The van der Waals surface area contributed by atoms with Gasteiger partial charge < -0.3 is 14.7 Å². The summed E-state index contributed by atoms with van der Waals surface area (Å²) in [5.74, 6) is 2.17. The van der Waals surface area contributed by atoms with Gasteiger partial charge in [-0.25, -0.2) is 0 Å². The van der Waals surface area contributed by atoms with Gasteiger partial charge in [0.05, 0.1) is 12.7 Å². The SMILES string of the molecule is COc1ccc(CCN2C[C@@H]3CC(O)(c4ccccc4)C[C@@H]3C2)cc1. The summed E-state index contributed by atoms with van der Waals surface area (Å²) in [6, 6.07) is 18.6. The fourth-order valence-electron chi connectivity index (χ4n) is 4.70. The average Bonchev–Trinajstić information content (AvgIpc) is 3.16. The minimum absolute atomic E-state index is 0.612. The maximum atomic E-state index is 11.1. The monoisotopic (exact) mass is 337 g/mol. The van der Waals surface area contributed by atoms with Gasteiger partial charge in [-0.2, -0.15) is 0 Å². The lowest BCUT2D eigenvalue weighted by molar-refractivity contribution is 0.0314. The molecule has 1 N–H and O–H groups in total. The van der Waals surface area contributed by atoms with Gasteiger partial charge in [-0.15, -0.1) is 0 Å². The van der Waals surface area contributed by atoms with Crippen molar-refractivity contribution in [2.24, 2.45) is 11.8 Å². The summed E-state index contributed by atoms with van der Waals surface area (Å²) in [5, 5.41) is 11.1. The van der Waals surface area contributed by atoms with E-state index in [9.17, 15) is 5.11 Å². The molecule has 1 aliphatic heterocycles. The smallest absolute Gasteiger partial charge is 0.118 e. The third-order valence-electron chi connectivity index (χ3n) is 6.04. The van der Waals surface area contributed by atoms with Gasteiger partial charge in [-0.1, -0.05) is 42.5 Å². The van der Waals surface area contributed by atoms with E-state index in [4.69, 9.17) is 4.74 Å². The lowest BCUT2D eigenvalue weighted by Gasteiger charge is -2.26. The zero-order valence-electron chi connectivity index (χ0n) is 14.9. The standard InChI is InChI=1S/C22H27NO2/c1-25-21-9-7-17(8-10-21)11-12-23-15-18-13-22(24,14-19(18)16-23)20-5-3-2-4-6-20/h2-10,18-19,24H,11-16H2,1H3/t18-,19+,22?. The van der Waals surface area contributed by atoms with E-state index in [1.807, 2.05) is 30.3 Å². The third-order valence-corrected chi connectivity index (χ3v) is 6.04. The van der Waals surface area contributed by atoms with Crippen molar-refractivity contribution in [1.29, 1.82) is 0 Å². The van der Waals surface area contributed by atoms with Gasteiger partial charge in [-0.05, 0) is 54.4 Å². The van der Waals surface area contributed by atoms with E-state index in [1.165, 1.54) is 5.56 Å². The predicted molar refractivity (Wildman–Crippen MR) is 99.7 cm³/mol. The van der Waals surface area contributed by atoms with Gasteiger partial charge in [0.1, 0.15) is 5.75 Å². The topological polar surface area (TPSA) is 32.7 Å². The average molecular weight is 337 g/mol. The van der Waals surface area contributed by atoms with Crippen LogP contribution in [0.4, 0.5) is 0 Å². The lowest BCUT2D eigenvalue weighted by Crippen LogP contribution is -2.29. The molecule has 1 heterocycles. The number of benzene rings is 2. The summed E-state index contributed by atoms with van der Waals surface area (Å²) in [6.07, 6.45) is 2.88. The first-order chi connectivity index (χ1) is 12.2. The van der Waals surface area contributed by atoms with Crippen molar-refractivity contribution < 1.29 is 9.84 Å². The molecule has 3 atom stereocenters. The van der Waals surface area contributed by atoms with Crippen molar-refractivity contribution in [3.05, 3.63) is 65.7 Å². The Morgan fingerprint density at radius 2 is 1.64 bits per heavy atom. The van der Waals surface area contributed by atoms with E-state index in [0.717, 1.165) is 50.2 Å². The summed E-state index contributed by atoms with van der Waals surface area (Å²) < 4.78 is 5.22. The van der Waals surface area contributed by atoms with Crippen LogP contribution < -0.4 is 4.74 Å². The molecule has 2 aliphatic rings. The second-order valence-corrected chi connectivity index (χ2v) is 7.68. The zero-order chi connectivity index (χ0) is 17.3. The molecule has 0 amide bonds. The van der Waals surface area contributed by atoms with Gasteiger partial charge in [0.25, 0.3) is 0 Å². The minimum Gasteiger partial charge on any atom is -0.497 e. The number of hydrogen-bond acceptors (Lipinski definition) is 3. The van der Waals surface area contributed by atoms with Crippen molar-refractivity contribution in [2.45, 2.75) is 24.9 Å². The molecule has 4 rings (SSSR count). The van der Waals surface area contributed by atoms with Crippen LogP contribution in [0.15, 0.2) is 54.6 Å². The molecule has 3 heteroatoms. The Balaban J connectivity index is 1.32. The number of ether oxygens (including phenoxy) is 1. The van der Waals surface area contributed by atoms with Crippen molar-refractivity contribution in [3.63, 3.8) is 0 Å². The molecule has 1 aliphatic carbocycles. The normalized spacial score (nSPS) is 28.9. The number of aliphatic hydroxyl groups is 1. The van der Waals surface area contributed by atoms with E-state index in [2.05, 4.69) is 29.2 Å². The van der Waals surface area contributed by atoms with Crippen LogP contribution in [0.25, 0.3) is 0 Å². The molecular weight excluding hydrogens is 310 g/mol. The summed E-state index contributed by atoms with van der Waals surface area (Å²) in [4.78, 5) is 2.57. The number of fused-ring (bicyclic) bond motifs is 1. The van der Waals surface area contributed by atoms with Gasteiger partial charge >= 0.3 is 0 Å². The van der Waals surface area contributed by atoms with Crippen LogP contribution in [0.2, 0.25) is 0 Å². The number of nitrogens with zero attached hydrogens (tertiary/aromatic N) is 1. The van der Waals surface area contributed by atoms with E-state index in [0.29, 0.717) is 11.8 Å². The Hall–Kier alpha value is -1.84. The van der Waals surface area contributed by atoms with Crippen LogP contribution in [0, 0.1) is 11.8 Å². The highest BCUT2D eigenvalue weighted by Gasteiger charge is 2.48. The Bertz CT molecular complexity index is 684. The number of methoxy groups -OCH3 is 1. The molecule has 2 aromatic rings. The van der Waals surface area contributed by atoms with Gasteiger partial charge in [-0.3, -0.25) is 0 Å². The molecule has 0 radical (unpaired) electrons. The summed E-state index contributed by atoms with van der Waals surface area (Å²) >= 11 is 0. The predicted octanol–water partition coefficient (Wildman–Crippen LogP) is 3.47. The Kier molecular flexibility index (Phi) is 4.53. The Morgan fingerprint density at radius 1 is 1.00 bits per heavy atom. The van der Waals surface area contributed by atoms with Gasteiger partial charge in [0, 0.05) is 19.6 Å². The quantitative estimate of drug-likeness (QED) is 0.907. The molecule has 2 aromatic carbocycles. The van der Waals surface area contributed by atoms with E-state index >= 15 is 0 Å². The molecule has 3 nitrogen and oxygen atoms in total. The summed E-state index contributed by atoms with van der Waals surface area (Å²) in [7, 11) is 1.70. The molecule has 0 bridgehead atoms. The zero-order valence-corrected chi connectivity index (χ0v) is 14.9. The van der Waals surface area contributed by atoms with E-state index in [1.54, 1.807) is 7.11 Å². The number of rotatable bonds is 5. The van der Waals surface area contributed by atoms with E-state index < -0.39 is 5.60 Å². The molecular formula is C22H27NO2. The van der Waals surface area contributed by atoms with Crippen LogP contribution in [0.5, 0.6) is 5.75 Å². The molecule has 2 fully saturated rings. The molecule has 0 spiro atoms. The second-order valence-electron chi connectivity index (χ2n) is 7.68. The number of likely N-dealkylation sites (tertiary alicyclic amines) is 1. The maximum Gasteiger partial charge on any atom is 0.118 e. The first-order valence-corrected chi connectivity index (χ1v) is 9.29. The van der Waals surface area contributed by atoms with Crippen molar-refractivity contribution >= 4 is 0 Å². The fraction of sp³-hybridized carbons (Fsp3) is 0.455. The first kappa shape index (κ1) is 16.6. The highest BCUT2D eigenvalue weighted by atomic mass is 16.5. The van der Waals surface area contributed by atoms with Crippen molar-refractivity contribution in [1.82, 2.24) is 4.90 Å². The molecule has 0 aromatic heterocycles. The molecule has 1 saturated heterocycles. The summed E-state index contributed by atoms with van der Waals surface area (Å²) in [5.41, 5.74) is 1.84. The lowest BCUT2D eigenvalue weighted by atomic mass is 9.90. The van der Waals surface area contributed by atoms with Crippen LogP contribution in [0.1, 0.15) is 24.0 Å². The van der Waals surface area contributed by atoms with Crippen LogP contribution in [0.3, 0.4) is 0 Å². The Morgan fingerprint density at radius 3 is 2.24 bits per heavy atom. The minimum atomic E-state index is -0.612. The number of hydrogen-bond donors (Lipinski definition) is 1.